The van der Waals surface area contributed by atoms with Crippen molar-refractivity contribution in [2.45, 2.75) is 53.1 Å². The third kappa shape index (κ3) is 6.59. The lowest BCUT2D eigenvalue weighted by atomic mass is 10.1. The summed E-state index contributed by atoms with van der Waals surface area (Å²) in [4.78, 5) is 19.0. The predicted molar refractivity (Wildman–Crippen MR) is 134 cm³/mol. The smallest absolute Gasteiger partial charge is 0.415 e. The summed E-state index contributed by atoms with van der Waals surface area (Å²) < 4.78 is 11.7. The zero-order chi connectivity index (χ0) is 26.3. The van der Waals surface area contributed by atoms with Crippen LogP contribution in [0.3, 0.4) is 0 Å². The summed E-state index contributed by atoms with van der Waals surface area (Å²) >= 11 is 0. The number of aliphatic hydroxyl groups is 1. The molecular formula is C28H28N4O4. The van der Waals surface area contributed by atoms with E-state index in [1.165, 1.54) is 4.90 Å². The fourth-order valence-corrected chi connectivity index (χ4v) is 3.49. The summed E-state index contributed by atoms with van der Waals surface area (Å²) in [6.07, 6.45) is 1.05. The van der Waals surface area contributed by atoms with Gasteiger partial charge in [-0.1, -0.05) is 12.1 Å². The molecule has 0 bridgehead atoms. The molecule has 36 heavy (non-hydrogen) atoms. The normalized spacial score (nSPS) is 10.8. The number of rotatable bonds is 7. The van der Waals surface area contributed by atoms with Gasteiger partial charge in [-0.3, -0.25) is 9.88 Å². The minimum absolute atomic E-state index is 0.131. The SMILES string of the molecule is Cc1c(CN(C(=O)OC(C)(C)C)c2ccc(C#N)cc2)cnc(CO)c1OCc1cccc(C#N)c1. The molecule has 3 aromatic rings. The van der Waals surface area contributed by atoms with Crippen molar-refractivity contribution in [3.8, 4) is 17.9 Å². The number of aromatic nitrogens is 1. The number of pyridine rings is 1. The van der Waals surface area contributed by atoms with Crippen LogP contribution in [-0.4, -0.2) is 21.8 Å². The maximum absolute atomic E-state index is 13.1. The second-order valence-corrected chi connectivity index (χ2v) is 9.17. The summed E-state index contributed by atoms with van der Waals surface area (Å²) in [5.41, 5.74) is 3.44. The second kappa shape index (κ2) is 11.4. The highest BCUT2D eigenvalue weighted by Crippen LogP contribution is 2.29. The Labute approximate surface area is 211 Å². The van der Waals surface area contributed by atoms with Gasteiger partial charge >= 0.3 is 6.09 Å². The lowest BCUT2D eigenvalue weighted by molar-refractivity contribution is 0.0577. The Morgan fingerprint density at radius 3 is 2.39 bits per heavy atom. The predicted octanol–water partition coefficient (Wildman–Crippen LogP) is 5.15. The van der Waals surface area contributed by atoms with E-state index in [0.717, 1.165) is 5.56 Å². The van der Waals surface area contributed by atoms with Crippen LogP contribution in [0.4, 0.5) is 10.5 Å². The van der Waals surface area contributed by atoms with Crippen LogP contribution in [0.15, 0.2) is 54.7 Å². The summed E-state index contributed by atoms with van der Waals surface area (Å²) in [5, 5.41) is 28.1. The minimum atomic E-state index is -0.706. The van der Waals surface area contributed by atoms with Gasteiger partial charge in [0.25, 0.3) is 0 Å². The zero-order valence-corrected chi connectivity index (χ0v) is 20.8. The second-order valence-electron chi connectivity index (χ2n) is 9.17. The van der Waals surface area contributed by atoms with Gasteiger partial charge in [0.05, 0.1) is 36.4 Å². The minimum Gasteiger partial charge on any atom is -0.487 e. The average Bonchev–Trinajstić information content (AvgIpc) is 2.86. The van der Waals surface area contributed by atoms with Gasteiger partial charge in [0.1, 0.15) is 23.7 Å². The standard InChI is InChI=1S/C28H28N4O4/c1-19-23(15-31-25(17-33)26(19)35-18-22-7-5-6-21(12-22)14-30)16-32(27(34)36-28(2,3)4)24-10-8-20(13-29)9-11-24/h5-12,15,33H,16-18H2,1-4H3. The van der Waals surface area contributed by atoms with E-state index >= 15 is 0 Å². The lowest BCUT2D eigenvalue weighted by Gasteiger charge is -2.28. The summed E-state index contributed by atoms with van der Waals surface area (Å²) in [5.74, 6) is 0.418. The number of carbonyl (C=O) groups excluding carboxylic acids is 1. The van der Waals surface area contributed by atoms with Crippen molar-refractivity contribution >= 4 is 11.8 Å². The Bertz CT molecular complexity index is 1320. The molecule has 8 nitrogen and oxygen atoms in total. The topological polar surface area (TPSA) is 119 Å². The van der Waals surface area contributed by atoms with Crippen molar-refractivity contribution in [2.75, 3.05) is 4.90 Å². The van der Waals surface area contributed by atoms with Gasteiger partial charge in [-0.2, -0.15) is 10.5 Å². The van der Waals surface area contributed by atoms with E-state index in [1.807, 2.05) is 13.0 Å². The summed E-state index contributed by atoms with van der Waals surface area (Å²) in [6, 6.07) is 17.9. The molecule has 2 aromatic carbocycles. The molecule has 0 aliphatic carbocycles. The number of hydrogen-bond acceptors (Lipinski definition) is 7. The number of benzene rings is 2. The van der Waals surface area contributed by atoms with Crippen LogP contribution < -0.4 is 9.64 Å². The highest BCUT2D eigenvalue weighted by Gasteiger charge is 2.25. The van der Waals surface area contributed by atoms with E-state index < -0.39 is 11.7 Å². The molecule has 184 valence electrons. The zero-order valence-electron chi connectivity index (χ0n) is 20.8. The quantitative estimate of drug-likeness (QED) is 0.493. The van der Waals surface area contributed by atoms with Crippen molar-refractivity contribution in [3.63, 3.8) is 0 Å². The van der Waals surface area contributed by atoms with E-state index in [0.29, 0.717) is 39.4 Å². The Balaban J connectivity index is 1.94. The molecule has 1 aromatic heterocycles. The number of hydrogen-bond donors (Lipinski definition) is 1. The van der Waals surface area contributed by atoms with Crippen LogP contribution in [0.5, 0.6) is 5.75 Å². The van der Waals surface area contributed by atoms with Crippen molar-refractivity contribution in [3.05, 3.63) is 88.2 Å². The number of amides is 1. The first kappa shape index (κ1) is 26.2. The maximum Gasteiger partial charge on any atom is 0.415 e. The van der Waals surface area contributed by atoms with Crippen molar-refractivity contribution < 1.29 is 19.4 Å². The number of carbonyl (C=O) groups is 1. The molecule has 0 atom stereocenters. The average molecular weight is 485 g/mol. The van der Waals surface area contributed by atoms with Crippen LogP contribution in [0, 0.1) is 29.6 Å². The third-order valence-corrected chi connectivity index (χ3v) is 5.30. The Morgan fingerprint density at radius 1 is 1.08 bits per heavy atom. The van der Waals surface area contributed by atoms with Gasteiger partial charge in [-0.25, -0.2) is 4.79 Å². The van der Waals surface area contributed by atoms with Crippen LogP contribution in [0.25, 0.3) is 0 Å². The van der Waals surface area contributed by atoms with Crippen molar-refractivity contribution in [1.29, 1.82) is 10.5 Å². The van der Waals surface area contributed by atoms with E-state index in [4.69, 9.17) is 20.0 Å². The Morgan fingerprint density at radius 2 is 1.78 bits per heavy atom. The number of ether oxygens (including phenoxy) is 2. The van der Waals surface area contributed by atoms with Gasteiger partial charge in [0.15, 0.2) is 0 Å². The monoisotopic (exact) mass is 484 g/mol. The molecule has 1 heterocycles. The molecule has 1 N–H and O–H groups in total. The van der Waals surface area contributed by atoms with Crippen LogP contribution in [-0.2, 0) is 24.5 Å². The van der Waals surface area contributed by atoms with E-state index in [9.17, 15) is 9.90 Å². The van der Waals surface area contributed by atoms with Crippen molar-refractivity contribution in [2.24, 2.45) is 0 Å². The fourth-order valence-electron chi connectivity index (χ4n) is 3.49. The van der Waals surface area contributed by atoms with Crippen LogP contribution in [0.1, 0.15) is 54.3 Å². The fraction of sp³-hybridized carbons (Fsp3) is 0.286. The molecule has 0 saturated heterocycles. The van der Waals surface area contributed by atoms with Crippen LogP contribution in [0.2, 0.25) is 0 Å². The van der Waals surface area contributed by atoms with Gasteiger partial charge in [0, 0.05) is 11.9 Å². The number of aliphatic hydroxyl groups excluding tert-OH is 1. The maximum atomic E-state index is 13.1. The molecule has 0 spiro atoms. The van der Waals surface area contributed by atoms with E-state index in [2.05, 4.69) is 17.1 Å². The molecule has 0 saturated carbocycles. The molecule has 0 radical (unpaired) electrons. The lowest BCUT2D eigenvalue weighted by Crippen LogP contribution is -2.36. The van der Waals surface area contributed by atoms with Gasteiger partial charge in [-0.15, -0.1) is 0 Å². The highest BCUT2D eigenvalue weighted by molar-refractivity contribution is 5.88. The molecule has 0 aliphatic heterocycles. The van der Waals surface area contributed by atoms with Gasteiger partial charge in [-0.05, 0) is 80.8 Å². The first-order valence-electron chi connectivity index (χ1n) is 11.4. The molecular weight excluding hydrogens is 456 g/mol. The highest BCUT2D eigenvalue weighted by atomic mass is 16.6. The van der Waals surface area contributed by atoms with Gasteiger partial charge < -0.3 is 14.6 Å². The molecule has 3 rings (SSSR count). The summed E-state index contributed by atoms with van der Waals surface area (Å²) in [6.45, 7) is 7.20. The van der Waals surface area contributed by atoms with E-state index in [-0.39, 0.29) is 19.8 Å². The molecule has 0 fully saturated rings. The number of nitriles is 2. The van der Waals surface area contributed by atoms with E-state index in [1.54, 1.807) is 69.4 Å². The van der Waals surface area contributed by atoms with Gasteiger partial charge in [0.2, 0.25) is 0 Å². The third-order valence-electron chi connectivity index (χ3n) is 5.30. The first-order valence-corrected chi connectivity index (χ1v) is 11.4. The molecule has 0 aliphatic rings. The largest absolute Gasteiger partial charge is 0.487 e. The van der Waals surface area contributed by atoms with Crippen molar-refractivity contribution in [1.82, 2.24) is 4.98 Å². The summed E-state index contributed by atoms with van der Waals surface area (Å²) in [7, 11) is 0. The Kier molecular flexibility index (Phi) is 8.26. The molecule has 1 amide bonds. The van der Waals surface area contributed by atoms with Crippen LogP contribution >= 0.6 is 0 Å². The Hall–Kier alpha value is -4.40. The number of anilines is 1. The first-order chi connectivity index (χ1) is 17.1. The molecule has 8 heteroatoms. The number of nitrogens with zero attached hydrogens (tertiary/aromatic N) is 4. The molecule has 0 unspecified atom stereocenters.